The van der Waals surface area contributed by atoms with E-state index in [-0.39, 0.29) is 33.0 Å². The van der Waals surface area contributed by atoms with Gasteiger partial charge in [-0.25, -0.2) is 28.0 Å². The summed E-state index contributed by atoms with van der Waals surface area (Å²) in [5.41, 5.74) is 0.278. The van der Waals surface area contributed by atoms with Crippen molar-refractivity contribution in [2.24, 2.45) is 0 Å². The Bertz CT molecular complexity index is 1410. The molecule has 0 saturated carbocycles. The van der Waals surface area contributed by atoms with Crippen LogP contribution in [0.1, 0.15) is 0 Å². The standard InChI is InChI=1S/C21H15Cl2N5O5S/c1-33-16-8-3-12(22)11-15(16)28-19(29)17(23)18(20(28)30)26-13-4-6-14(7-5-13)34(31,32)27-21-24-9-2-10-25-21/h2-11,26H,1H3,(H,24,25,27). The number of sulfonamides is 1. The van der Waals surface area contributed by atoms with E-state index in [0.717, 1.165) is 4.90 Å². The highest BCUT2D eigenvalue weighted by Gasteiger charge is 2.40. The molecule has 0 fully saturated rings. The molecule has 0 saturated heterocycles. The van der Waals surface area contributed by atoms with E-state index in [0.29, 0.717) is 10.7 Å². The number of benzene rings is 2. The third-order valence-electron chi connectivity index (χ3n) is 4.63. The molecule has 174 valence electrons. The van der Waals surface area contributed by atoms with Crippen molar-refractivity contribution in [3.63, 3.8) is 0 Å². The molecule has 0 bridgehead atoms. The average Bonchev–Trinajstić information content (AvgIpc) is 3.02. The average molecular weight is 520 g/mol. The first-order valence-corrected chi connectivity index (χ1v) is 11.7. The molecule has 13 heteroatoms. The quantitative estimate of drug-likeness (QED) is 0.454. The lowest BCUT2D eigenvalue weighted by molar-refractivity contribution is -0.120. The molecule has 2 N–H and O–H groups in total. The maximum absolute atomic E-state index is 13.0. The van der Waals surface area contributed by atoms with Crippen LogP contribution in [0.25, 0.3) is 0 Å². The molecule has 0 atom stereocenters. The SMILES string of the molecule is COc1ccc(Cl)cc1N1C(=O)C(Cl)=C(Nc2ccc(S(=O)(=O)Nc3ncccn3)cc2)C1=O. The van der Waals surface area contributed by atoms with E-state index in [4.69, 9.17) is 27.9 Å². The molecule has 4 rings (SSSR count). The van der Waals surface area contributed by atoms with Gasteiger partial charge in [-0.15, -0.1) is 0 Å². The van der Waals surface area contributed by atoms with Gasteiger partial charge in [-0.05, 0) is 48.5 Å². The van der Waals surface area contributed by atoms with Crippen LogP contribution in [0.15, 0.2) is 76.5 Å². The van der Waals surface area contributed by atoms with Gasteiger partial charge >= 0.3 is 0 Å². The van der Waals surface area contributed by atoms with Crippen molar-refractivity contribution in [1.82, 2.24) is 9.97 Å². The number of methoxy groups -OCH3 is 1. The van der Waals surface area contributed by atoms with Crippen LogP contribution in [-0.4, -0.2) is 37.3 Å². The van der Waals surface area contributed by atoms with Crippen LogP contribution in [0.2, 0.25) is 5.02 Å². The first-order chi connectivity index (χ1) is 16.2. The minimum Gasteiger partial charge on any atom is -0.495 e. The van der Waals surface area contributed by atoms with E-state index >= 15 is 0 Å². The van der Waals surface area contributed by atoms with Crippen LogP contribution in [0.4, 0.5) is 17.3 Å². The molecule has 1 aliphatic heterocycles. The lowest BCUT2D eigenvalue weighted by Gasteiger charge is -2.18. The molecule has 0 aliphatic carbocycles. The summed E-state index contributed by atoms with van der Waals surface area (Å²) >= 11 is 12.2. The van der Waals surface area contributed by atoms with Gasteiger partial charge in [0.2, 0.25) is 5.95 Å². The fraction of sp³-hybridized carbons (Fsp3) is 0.0476. The van der Waals surface area contributed by atoms with Crippen LogP contribution in [-0.2, 0) is 19.6 Å². The van der Waals surface area contributed by atoms with Crippen molar-refractivity contribution in [2.45, 2.75) is 4.90 Å². The Morgan fingerprint density at radius 3 is 2.29 bits per heavy atom. The topological polar surface area (TPSA) is 131 Å². The number of carbonyl (C=O) groups is 2. The van der Waals surface area contributed by atoms with Gasteiger partial charge < -0.3 is 10.1 Å². The van der Waals surface area contributed by atoms with Crippen molar-refractivity contribution in [2.75, 3.05) is 22.0 Å². The fourth-order valence-electron chi connectivity index (χ4n) is 3.06. The molecule has 3 aromatic rings. The zero-order valence-corrected chi connectivity index (χ0v) is 19.6. The maximum atomic E-state index is 13.0. The highest BCUT2D eigenvalue weighted by molar-refractivity contribution is 7.92. The van der Waals surface area contributed by atoms with Crippen LogP contribution in [0, 0.1) is 0 Å². The van der Waals surface area contributed by atoms with Gasteiger partial charge in [0, 0.05) is 23.1 Å². The number of carbonyl (C=O) groups excluding carboxylic acids is 2. The molecule has 34 heavy (non-hydrogen) atoms. The first-order valence-electron chi connectivity index (χ1n) is 9.50. The normalized spacial score (nSPS) is 13.9. The fourth-order valence-corrected chi connectivity index (χ4v) is 4.40. The Morgan fingerprint density at radius 1 is 0.971 bits per heavy atom. The van der Waals surface area contributed by atoms with Crippen molar-refractivity contribution in [3.05, 3.63) is 76.7 Å². The minimum atomic E-state index is -3.94. The molecule has 10 nitrogen and oxygen atoms in total. The Labute approximate surface area is 204 Å². The Morgan fingerprint density at radius 2 is 1.65 bits per heavy atom. The molecule has 2 heterocycles. The molecule has 0 spiro atoms. The summed E-state index contributed by atoms with van der Waals surface area (Å²) in [5.74, 6) is -1.31. The van der Waals surface area contributed by atoms with Crippen LogP contribution >= 0.6 is 23.2 Å². The van der Waals surface area contributed by atoms with E-state index in [9.17, 15) is 18.0 Å². The van der Waals surface area contributed by atoms with E-state index in [1.54, 1.807) is 12.1 Å². The second-order valence-electron chi connectivity index (χ2n) is 6.78. The summed E-state index contributed by atoms with van der Waals surface area (Å²) in [5, 5.41) is 2.72. The minimum absolute atomic E-state index is 0.0651. The maximum Gasteiger partial charge on any atom is 0.283 e. The molecular formula is C21H15Cl2N5O5S. The smallest absolute Gasteiger partial charge is 0.283 e. The van der Waals surface area contributed by atoms with E-state index in [1.165, 1.54) is 55.9 Å². The number of ether oxygens (including phenoxy) is 1. The van der Waals surface area contributed by atoms with E-state index in [1.807, 2.05) is 0 Å². The summed E-state index contributed by atoms with van der Waals surface area (Å²) < 4.78 is 32.5. The van der Waals surface area contributed by atoms with E-state index in [2.05, 4.69) is 20.0 Å². The van der Waals surface area contributed by atoms with Gasteiger partial charge in [-0.1, -0.05) is 23.2 Å². The van der Waals surface area contributed by atoms with Crippen molar-refractivity contribution in [3.8, 4) is 5.75 Å². The Kier molecular flexibility index (Phi) is 6.42. The number of rotatable bonds is 7. The largest absolute Gasteiger partial charge is 0.495 e. The molecule has 1 aliphatic rings. The number of halogens is 2. The third-order valence-corrected chi connectivity index (χ3v) is 6.56. The number of amides is 2. The number of nitrogens with one attached hydrogen (secondary N) is 2. The monoisotopic (exact) mass is 519 g/mol. The van der Waals surface area contributed by atoms with Gasteiger partial charge in [0.1, 0.15) is 16.5 Å². The lowest BCUT2D eigenvalue weighted by atomic mass is 10.2. The first kappa shape index (κ1) is 23.5. The van der Waals surface area contributed by atoms with Gasteiger partial charge in [0.05, 0.1) is 17.7 Å². The predicted octanol–water partition coefficient (Wildman–Crippen LogP) is 3.38. The number of nitrogens with zero attached hydrogens (tertiary/aromatic N) is 3. The van der Waals surface area contributed by atoms with Crippen molar-refractivity contribution >= 4 is 62.4 Å². The summed E-state index contributed by atoms with van der Waals surface area (Å²) in [6.07, 6.45) is 2.80. The number of imide groups is 1. The Balaban J connectivity index is 1.56. The van der Waals surface area contributed by atoms with Gasteiger partial charge in [-0.2, -0.15) is 0 Å². The lowest BCUT2D eigenvalue weighted by Crippen LogP contribution is -2.32. The van der Waals surface area contributed by atoms with Gasteiger partial charge in [0.25, 0.3) is 21.8 Å². The summed E-state index contributed by atoms with van der Waals surface area (Å²) in [6, 6.07) is 11.5. The molecule has 2 amide bonds. The summed E-state index contributed by atoms with van der Waals surface area (Å²) in [6.45, 7) is 0. The van der Waals surface area contributed by atoms with Crippen LogP contribution in [0.5, 0.6) is 5.75 Å². The number of hydrogen-bond acceptors (Lipinski definition) is 8. The third kappa shape index (κ3) is 4.53. The Hall–Kier alpha value is -3.67. The summed E-state index contributed by atoms with van der Waals surface area (Å²) in [7, 11) is -2.55. The second kappa shape index (κ2) is 9.29. The highest BCUT2D eigenvalue weighted by atomic mass is 35.5. The van der Waals surface area contributed by atoms with Gasteiger partial charge in [0.15, 0.2) is 0 Å². The number of aromatic nitrogens is 2. The zero-order chi connectivity index (χ0) is 24.5. The highest BCUT2D eigenvalue weighted by Crippen LogP contribution is 2.37. The summed E-state index contributed by atoms with van der Waals surface area (Å²) in [4.78, 5) is 34.2. The van der Waals surface area contributed by atoms with Crippen LogP contribution < -0.4 is 19.7 Å². The van der Waals surface area contributed by atoms with Crippen molar-refractivity contribution in [1.29, 1.82) is 0 Å². The molecule has 1 aromatic heterocycles. The zero-order valence-electron chi connectivity index (χ0n) is 17.3. The second-order valence-corrected chi connectivity index (χ2v) is 9.27. The van der Waals surface area contributed by atoms with Crippen LogP contribution in [0.3, 0.4) is 0 Å². The van der Waals surface area contributed by atoms with Gasteiger partial charge in [-0.3, -0.25) is 9.59 Å². The predicted molar refractivity (Wildman–Crippen MR) is 126 cm³/mol. The molecule has 0 unspecified atom stereocenters. The van der Waals surface area contributed by atoms with Crippen molar-refractivity contribution < 1.29 is 22.7 Å². The number of hydrogen-bond donors (Lipinski definition) is 2. The molecule has 2 aromatic carbocycles. The molecular weight excluding hydrogens is 505 g/mol. The molecule has 0 radical (unpaired) electrons. The number of anilines is 3. The van der Waals surface area contributed by atoms with E-state index < -0.39 is 21.8 Å².